The van der Waals surface area contributed by atoms with Crippen LogP contribution >= 0.6 is 0 Å². The van der Waals surface area contributed by atoms with Gasteiger partial charge in [0.1, 0.15) is 5.60 Å². The van der Waals surface area contributed by atoms with Gasteiger partial charge in [-0.3, -0.25) is 4.79 Å². The fourth-order valence-electron chi connectivity index (χ4n) is 1.12. The molecule has 0 aliphatic rings. The maximum Gasteiger partial charge on any atom is 0.408 e. The van der Waals surface area contributed by atoms with E-state index >= 15 is 0 Å². The lowest BCUT2D eigenvalue weighted by Crippen LogP contribution is -2.42. The molecule has 0 aromatic rings. The van der Waals surface area contributed by atoms with Crippen molar-refractivity contribution in [3.05, 3.63) is 0 Å². The predicted octanol–water partition coefficient (Wildman–Crippen LogP) is 2.27. The summed E-state index contributed by atoms with van der Waals surface area (Å²) >= 11 is 0. The molecule has 15 heavy (non-hydrogen) atoms. The Balaban J connectivity index is 4.18. The van der Waals surface area contributed by atoms with Gasteiger partial charge in [-0.2, -0.15) is 0 Å². The Morgan fingerprint density at radius 1 is 1.33 bits per heavy atom. The number of rotatable bonds is 4. The van der Waals surface area contributed by atoms with E-state index in [4.69, 9.17) is 4.74 Å². The SMILES string of the molecule is CCC[C@H](NC(=O)OC(C)(C)C)C(C)=O. The Morgan fingerprint density at radius 2 is 1.87 bits per heavy atom. The van der Waals surface area contributed by atoms with Crippen LogP contribution in [0.25, 0.3) is 0 Å². The number of amides is 1. The van der Waals surface area contributed by atoms with E-state index in [9.17, 15) is 9.59 Å². The van der Waals surface area contributed by atoms with Crippen molar-refractivity contribution in [1.29, 1.82) is 0 Å². The highest BCUT2D eigenvalue weighted by Crippen LogP contribution is 2.07. The van der Waals surface area contributed by atoms with Crippen LogP contribution in [-0.4, -0.2) is 23.5 Å². The Kier molecular flexibility index (Phi) is 5.33. The summed E-state index contributed by atoms with van der Waals surface area (Å²) in [6.07, 6.45) is 0.963. The molecule has 0 heterocycles. The van der Waals surface area contributed by atoms with Crippen molar-refractivity contribution in [3.63, 3.8) is 0 Å². The molecule has 4 nitrogen and oxygen atoms in total. The van der Waals surface area contributed by atoms with Crippen LogP contribution in [0.3, 0.4) is 0 Å². The van der Waals surface area contributed by atoms with E-state index in [2.05, 4.69) is 5.32 Å². The zero-order valence-electron chi connectivity index (χ0n) is 10.2. The Morgan fingerprint density at radius 3 is 2.20 bits per heavy atom. The Hall–Kier alpha value is -1.06. The third kappa shape index (κ3) is 6.94. The largest absolute Gasteiger partial charge is 0.444 e. The zero-order valence-corrected chi connectivity index (χ0v) is 10.2. The van der Waals surface area contributed by atoms with Crippen molar-refractivity contribution in [3.8, 4) is 0 Å². The summed E-state index contributed by atoms with van der Waals surface area (Å²) in [5, 5.41) is 2.56. The molecule has 88 valence electrons. The van der Waals surface area contributed by atoms with Gasteiger partial charge in [0.05, 0.1) is 6.04 Å². The van der Waals surface area contributed by atoms with Gasteiger partial charge in [0.25, 0.3) is 0 Å². The summed E-state index contributed by atoms with van der Waals surface area (Å²) in [6, 6.07) is -0.426. The van der Waals surface area contributed by atoms with E-state index in [-0.39, 0.29) is 5.78 Å². The van der Waals surface area contributed by atoms with Crippen LogP contribution < -0.4 is 5.32 Å². The monoisotopic (exact) mass is 215 g/mol. The first-order valence-electron chi connectivity index (χ1n) is 5.26. The summed E-state index contributed by atoms with van der Waals surface area (Å²) in [4.78, 5) is 22.5. The van der Waals surface area contributed by atoms with E-state index in [0.29, 0.717) is 6.42 Å². The molecule has 0 spiro atoms. The second-order valence-electron chi connectivity index (χ2n) is 4.60. The number of carbonyl (C=O) groups excluding carboxylic acids is 2. The van der Waals surface area contributed by atoms with Gasteiger partial charge in [0.15, 0.2) is 5.78 Å². The lowest BCUT2D eigenvalue weighted by molar-refractivity contribution is -0.119. The Labute approximate surface area is 91.4 Å². The van der Waals surface area contributed by atoms with Crippen molar-refractivity contribution in [2.24, 2.45) is 0 Å². The van der Waals surface area contributed by atoms with Crippen molar-refractivity contribution < 1.29 is 14.3 Å². The van der Waals surface area contributed by atoms with Crippen LogP contribution in [0.15, 0.2) is 0 Å². The van der Waals surface area contributed by atoms with Crippen LogP contribution in [0.1, 0.15) is 47.5 Å². The minimum atomic E-state index is -0.531. The van der Waals surface area contributed by atoms with E-state index in [0.717, 1.165) is 6.42 Å². The second kappa shape index (κ2) is 5.73. The minimum absolute atomic E-state index is 0.0392. The highest BCUT2D eigenvalue weighted by atomic mass is 16.6. The molecule has 0 unspecified atom stereocenters. The van der Waals surface area contributed by atoms with Gasteiger partial charge >= 0.3 is 6.09 Å². The zero-order chi connectivity index (χ0) is 12.1. The summed E-state index contributed by atoms with van der Waals surface area (Å²) in [5.74, 6) is -0.0392. The van der Waals surface area contributed by atoms with Crippen LogP contribution in [0.2, 0.25) is 0 Å². The molecule has 0 radical (unpaired) electrons. The molecule has 0 saturated carbocycles. The van der Waals surface area contributed by atoms with Gasteiger partial charge in [-0.1, -0.05) is 13.3 Å². The summed E-state index contributed by atoms with van der Waals surface area (Å²) in [5.41, 5.74) is -0.530. The smallest absolute Gasteiger partial charge is 0.408 e. The van der Waals surface area contributed by atoms with Gasteiger partial charge in [0, 0.05) is 0 Å². The molecule has 0 bridgehead atoms. The number of carbonyl (C=O) groups is 2. The minimum Gasteiger partial charge on any atom is -0.444 e. The highest BCUT2D eigenvalue weighted by molar-refractivity contribution is 5.85. The van der Waals surface area contributed by atoms with E-state index in [1.54, 1.807) is 20.8 Å². The molecule has 4 heteroatoms. The Bertz CT molecular complexity index is 230. The predicted molar refractivity (Wildman–Crippen MR) is 58.7 cm³/mol. The number of ether oxygens (including phenoxy) is 1. The lowest BCUT2D eigenvalue weighted by Gasteiger charge is -2.22. The number of Topliss-reactive ketones (excluding diaryl/α,β-unsaturated/α-hetero) is 1. The van der Waals surface area contributed by atoms with Crippen LogP contribution in [0, 0.1) is 0 Å². The first-order chi connectivity index (χ1) is 6.76. The van der Waals surface area contributed by atoms with Crippen LogP contribution in [0.4, 0.5) is 4.79 Å². The maximum atomic E-state index is 11.4. The number of hydrogen-bond donors (Lipinski definition) is 1. The van der Waals surface area contributed by atoms with Gasteiger partial charge < -0.3 is 10.1 Å². The molecule has 0 aliphatic heterocycles. The van der Waals surface area contributed by atoms with E-state index < -0.39 is 17.7 Å². The number of hydrogen-bond acceptors (Lipinski definition) is 3. The number of alkyl carbamates (subject to hydrolysis) is 1. The van der Waals surface area contributed by atoms with Crippen LogP contribution in [0.5, 0.6) is 0 Å². The first-order valence-corrected chi connectivity index (χ1v) is 5.26. The van der Waals surface area contributed by atoms with Crippen LogP contribution in [-0.2, 0) is 9.53 Å². The average Bonchev–Trinajstić information content (AvgIpc) is 1.99. The van der Waals surface area contributed by atoms with Crippen molar-refractivity contribution in [2.45, 2.75) is 59.1 Å². The molecular formula is C11H21NO3. The topological polar surface area (TPSA) is 55.4 Å². The quantitative estimate of drug-likeness (QED) is 0.782. The first kappa shape index (κ1) is 13.9. The molecule has 1 amide bonds. The third-order valence-electron chi connectivity index (χ3n) is 1.76. The standard InChI is InChI=1S/C11H21NO3/c1-6-7-9(8(2)13)12-10(14)15-11(3,4)5/h9H,6-7H2,1-5H3,(H,12,14)/t9-/m0/s1. The third-order valence-corrected chi connectivity index (χ3v) is 1.76. The molecule has 1 N–H and O–H groups in total. The fourth-order valence-corrected chi connectivity index (χ4v) is 1.12. The fraction of sp³-hybridized carbons (Fsp3) is 0.818. The molecule has 1 atom stereocenters. The van der Waals surface area contributed by atoms with Crippen molar-refractivity contribution in [2.75, 3.05) is 0 Å². The van der Waals surface area contributed by atoms with Gasteiger partial charge in [-0.05, 0) is 34.1 Å². The molecule has 0 fully saturated rings. The van der Waals surface area contributed by atoms with E-state index in [1.165, 1.54) is 6.92 Å². The van der Waals surface area contributed by atoms with Crippen molar-refractivity contribution >= 4 is 11.9 Å². The van der Waals surface area contributed by atoms with E-state index in [1.807, 2.05) is 6.92 Å². The molecule has 0 rings (SSSR count). The summed E-state index contributed by atoms with van der Waals surface area (Å²) in [7, 11) is 0. The molecular weight excluding hydrogens is 194 g/mol. The summed E-state index contributed by atoms with van der Waals surface area (Å²) < 4.78 is 5.06. The van der Waals surface area contributed by atoms with Gasteiger partial charge in [0.2, 0.25) is 0 Å². The maximum absolute atomic E-state index is 11.4. The second-order valence-corrected chi connectivity index (χ2v) is 4.60. The molecule has 0 aliphatic carbocycles. The number of ketones is 1. The normalized spacial score (nSPS) is 13.1. The number of nitrogens with one attached hydrogen (secondary N) is 1. The average molecular weight is 215 g/mol. The van der Waals surface area contributed by atoms with Gasteiger partial charge in [-0.15, -0.1) is 0 Å². The molecule has 0 saturated heterocycles. The van der Waals surface area contributed by atoms with Crippen molar-refractivity contribution in [1.82, 2.24) is 5.32 Å². The highest BCUT2D eigenvalue weighted by Gasteiger charge is 2.21. The molecule has 0 aromatic heterocycles. The molecule has 0 aromatic carbocycles. The lowest BCUT2D eigenvalue weighted by atomic mass is 10.1. The summed E-state index contributed by atoms with van der Waals surface area (Å²) in [6.45, 7) is 8.80. The van der Waals surface area contributed by atoms with Gasteiger partial charge in [-0.25, -0.2) is 4.79 Å².